The molecule has 0 unspecified atom stereocenters. The molecule has 0 radical (unpaired) electrons. The van der Waals surface area contributed by atoms with E-state index in [1.165, 1.54) is 6.07 Å². The maximum Gasteiger partial charge on any atom is 0.234 e. The summed E-state index contributed by atoms with van der Waals surface area (Å²) in [5, 5.41) is 14.8. The van der Waals surface area contributed by atoms with Gasteiger partial charge in [-0.15, -0.1) is 0 Å². The zero-order valence-electron chi connectivity index (χ0n) is 16.4. The van der Waals surface area contributed by atoms with Crippen molar-refractivity contribution in [3.05, 3.63) is 35.1 Å². The highest BCUT2D eigenvalue weighted by Gasteiger charge is 2.21. The van der Waals surface area contributed by atoms with Crippen LogP contribution in [-0.2, 0) is 16.1 Å². The van der Waals surface area contributed by atoms with Crippen LogP contribution in [0.3, 0.4) is 0 Å². The van der Waals surface area contributed by atoms with Crippen LogP contribution in [0.2, 0.25) is 0 Å². The fourth-order valence-corrected chi connectivity index (χ4v) is 2.94. The first-order valence-electron chi connectivity index (χ1n) is 9.19. The standard InChI is InChI=1S/C19H27FN6O2/c1-22-19(24-13-16-4-3-15(12-21)11-17(16)20)26-8-6-25(7-9-26)14-18(27)23-5-10-28-2/h3-4,11H,5-10,13-14H2,1-2H3,(H,22,24)(H,23,27). The Morgan fingerprint density at radius 1 is 1.32 bits per heavy atom. The molecule has 2 rings (SSSR count). The number of hydrogen-bond donors (Lipinski definition) is 2. The third kappa shape index (κ3) is 6.48. The lowest BCUT2D eigenvalue weighted by molar-refractivity contribution is -0.122. The second kappa shape index (κ2) is 11.2. The van der Waals surface area contributed by atoms with E-state index < -0.39 is 5.82 Å². The number of ether oxygens (including phenoxy) is 1. The van der Waals surface area contributed by atoms with Gasteiger partial charge in [0.15, 0.2) is 5.96 Å². The Kier molecular flexibility index (Phi) is 8.65. The van der Waals surface area contributed by atoms with E-state index in [2.05, 4.69) is 25.4 Å². The van der Waals surface area contributed by atoms with Crippen LogP contribution in [0.4, 0.5) is 4.39 Å². The number of hydrogen-bond acceptors (Lipinski definition) is 5. The summed E-state index contributed by atoms with van der Waals surface area (Å²) in [6, 6.07) is 6.36. The Bertz CT molecular complexity index is 726. The van der Waals surface area contributed by atoms with E-state index in [4.69, 9.17) is 10.00 Å². The molecule has 1 heterocycles. The number of amides is 1. The second-order valence-electron chi connectivity index (χ2n) is 6.42. The molecule has 1 aromatic rings. The van der Waals surface area contributed by atoms with Crippen LogP contribution in [0.5, 0.6) is 0 Å². The molecule has 0 bridgehead atoms. The van der Waals surface area contributed by atoms with E-state index in [1.807, 2.05) is 6.07 Å². The number of methoxy groups -OCH3 is 1. The van der Waals surface area contributed by atoms with E-state index >= 15 is 0 Å². The minimum atomic E-state index is -0.411. The van der Waals surface area contributed by atoms with E-state index in [9.17, 15) is 9.18 Å². The highest BCUT2D eigenvalue weighted by molar-refractivity contribution is 5.80. The number of nitriles is 1. The Morgan fingerprint density at radius 3 is 2.68 bits per heavy atom. The lowest BCUT2D eigenvalue weighted by Gasteiger charge is -2.36. The summed E-state index contributed by atoms with van der Waals surface area (Å²) in [5.74, 6) is 0.267. The highest BCUT2D eigenvalue weighted by Crippen LogP contribution is 2.10. The lowest BCUT2D eigenvalue weighted by Crippen LogP contribution is -2.54. The Hall–Kier alpha value is -2.70. The van der Waals surface area contributed by atoms with Gasteiger partial charge in [-0.25, -0.2) is 4.39 Å². The summed E-state index contributed by atoms with van der Waals surface area (Å²) >= 11 is 0. The predicted molar refractivity (Wildman–Crippen MR) is 104 cm³/mol. The summed E-state index contributed by atoms with van der Waals surface area (Å²) in [4.78, 5) is 20.3. The molecule has 8 nitrogen and oxygen atoms in total. The molecule has 0 atom stereocenters. The summed E-state index contributed by atoms with van der Waals surface area (Å²) in [7, 11) is 3.29. The van der Waals surface area contributed by atoms with Crippen LogP contribution in [0.1, 0.15) is 11.1 Å². The highest BCUT2D eigenvalue weighted by atomic mass is 19.1. The molecule has 0 saturated carbocycles. The molecule has 1 aliphatic rings. The monoisotopic (exact) mass is 390 g/mol. The van der Waals surface area contributed by atoms with Gasteiger partial charge in [-0.1, -0.05) is 6.07 Å². The summed E-state index contributed by atoms with van der Waals surface area (Å²) in [6.07, 6.45) is 0. The predicted octanol–water partition coefficient (Wildman–Crippen LogP) is 0.153. The number of benzene rings is 1. The second-order valence-corrected chi connectivity index (χ2v) is 6.42. The van der Waals surface area contributed by atoms with Crippen LogP contribution in [0, 0.1) is 17.1 Å². The fourth-order valence-electron chi connectivity index (χ4n) is 2.94. The molecule has 0 spiro atoms. The normalized spacial score (nSPS) is 15.2. The van der Waals surface area contributed by atoms with Crippen molar-refractivity contribution in [2.45, 2.75) is 6.54 Å². The first-order chi connectivity index (χ1) is 13.6. The van der Waals surface area contributed by atoms with Gasteiger partial charge in [0, 0.05) is 59.0 Å². The first-order valence-corrected chi connectivity index (χ1v) is 9.19. The van der Waals surface area contributed by atoms with Gasteiger partial charge in [-0.05, 0) is 12.1 Å². The van der Waals surface area contributed by atoms with Gasteiger partial charge in [-0.2, -0.15) is 5.26 Å². The van der Waals surface area contributed by atoms with Crippen molar-refractivity contribution < 1.29 is 13.9 Å². The molecule has 9 heteroatoms. The lowest BCUT2D eigenvalue weighted by atomic mass is 10.1. The third-order valence-electron chi connectivity index (χ3n) is 4.50. The van der Waals surface area contributed by atoms with Crippen molar-refractivity contribution in [2.24, 2.45) is 4.99 Å². The van der Waals surface area contributed by atoms with E-state index in [0.29, 0.717) is 36.8 Å². The van der Waals surface area contributed by atoms with Crippen LogP contribution in [0.25, 0.3) is 0 Å². The molecule has 0 aromatic heterocycles. The van der Waals surface area contributed by atoms with E-state index in [-0.39, 0.29) is 12.5 Å². The summed E-state index contributed by atoms with van der Waals surface area (Å²) < 4.78 is 18.9. The van der Waals surface area contributed by atoms with Gasteiger partial charge in [0.05, 0.1) is 24.8 Å². The molecular formula is C19H27FN6O2. The number of nitrogens with one attached hydrogen (secondary N) is 2. The van der Waals surface area contributed by atoms with Crippen molar-refractivity contribution in [3.8, 4) is 6.07 Å². The topological polar surface area (TPSA) is 93.0 Å². The Balaban J connectivity index is 1.79. The largest absolute Gasteiger partial charge is 0.383 e. The van der Waals surface area contributed by atoms with Crippen molar-refractivity contribution in [2.75, 3.05) is 60.0 Å². The Morgan fingerprint density at radius 2 is 2.07 bits per heavy atom. The average Bonchev–Trinajstić information content (AvgIpc) is 2.70. The van der Waals surface area contributed by atoms with E-state index in [1.54, 1.807) is 26.3 Å². The van der Waals surface area contributed by atoms with Crippen LogP contribution >= 0.6 is 0 Å². The minimum Gasteiger partial charge on any atom is -0.383 e. The van der Waals surface area contributed by atoms with Gasteiger partial charge in [0.25, 0.3) is 0 Å². The molecule has 1 amide bonds. The van der Waals surface area contributed by atoms with Gasteiger partial charge in [0.2, 0.25) is 5.91 Å². The molecule has 1 aromatic carbocycles. The van der Waals surface area contributed by atoms with Gasteiger partial charge >= 0.3 is 0 Å². The number of aliphatic imine (C=N–C) groups is 1. The molecule has 152 valence electrons. The maximum atomic E-state index is 14.0. The summed E-state index contributed by atoms with van der Waals surface area (Å²) in [6.45, 7) is 4.58. The smallest absolute Gasteiger partial charge is 0.234 e. The molecule has 2 N–H and O–H groups in total. The van der Waals surface area contributed by atoms with Crippen LogP contribution < -0.4 is 10.6 Å². The number of rotatable bonds is 7. The average molecular weight is 390 g/mol. The van der Waals surface area contributed by atoms with Gasteiger partial charge < -0.3 is 20.3 Å². The van der Waals surface area contributed by atoms with Crippen LogP contribution in [0.15, 0.2) is 23.2 Å². The molecule has 1 saturated heterocycles. The zero-order chi connectivity index (χ0) is 20.4. The van der Waals surface area contributed by atoms with E-state index in [0.717, 1.165) is 26.2 Å². The third-order valence-corrected chi connectivity index (χ3v) is 4.50. The molecular weight excluding hydrogens is 363 g/mol. The molecule has 1 fully saturated rings. The number of carbonyl (C=O) groups is 1. The number of halogens is 1. The summed E-state index contributed by atoms with van der Waals surface area (Å²) in [5.41, 5.74) is 0.777. The number of nitrogens with zero attached hydrogens (tertiary/aromatic N) is 4. The maximum absolute atomic E-state index is 14.0. The molecule has 1 aliphatic heterocycles. The fraction of sp³-hybridized carbons (Fsp3) is 0.526. The SMILES string of the molecule is CN=C(NCc1ccc(C#N)cc1F)N1CCN(CC(=O)NCCOC)CC1. The number of guanidine groups is 1. The van der Waals surface area contributed by atoms with Crippen molar-refractivity contribution >= 4 is 11.9 Å². The first kappa shape index (κ1) is 21.6. The van der Waals surface area contributed by atoms with Crippen molar-refractivity contribution in [1.29, 1.82) is 5.26 Å². The molecule has 0 aliphatic carbocycles. The zero-order valence-corrected chi connectivity index (χ0v) is 16.4. The number of piperazine rings is 1. The van der Waals surface area contributed by atoms with Crippen molar-refractivity contribution in [3.63, 3.8) is 0 Å². The quantitative estimate of drug-likeness (QED) is 0.391. The van der Waals surface area contributed by atoms with Gasteiger partial charge in [0.1, 0.15) is 5.82 Å². The Labute approximate surface area is 165 Å². The van der Waals surface area contributed by atoms with Crippen molar-refractivity contribution in [1.82, 2.24) is 20.4 Å². The molecule has 28 heavy (non-hydrogen) atoms. The van der Waals surface area contributed by atoms with Gasteiger partial charge in [-0.3, -0.25) is 14.7 Å². The van der Waals surface area contributed by atoms with Crippen LogP contribution in [-0.4, -0.2) is 81.7 Å². The number of carbonyl (C=O) groups excluding carboxylic acids is 1. The minimum absolute atomic E-state index is 0.00991.